The lowest BCUT2D eigenvalue weighted by Crippen LogP contribution is -2.33. The Morgan fingerprint density at radius 2 is 2.42 bits per heavy atom. The van der Waals surface area contributed by atoms with Crippen LogP contribution in [0.5, 0.6) is 0 Å². The number of nitrogens with one attached hydrogen (secondary N) is 1. The van der Waals surface area contributed by atoms with Gasteiger partial charge in [-0.1, -0.05) is 6.92 Å². The Kier molecular flexibility index (Phi) is 2.21. The second kappa shape index (κ2) is 4.81. The monoisotopic (exact) mass is 330 g/mol. The molecule has 1 aliphatic rings. The highest BCUT2D eigenvalue weighted by Gasteiger charge is 2.39. The first-order valence-electron chi connectivity index (χ1n) is 8.18. The summed E-state index contributed by atoms with van der Waals surface area (Å²) in [6.45, 7) is -1.82. The van der Waals surface area contributed by atoms with Gasteiger partial charge in [0.05, 0.1) is 5.23 Å². The fourth-order valence-corrected chi connectivity index (χ4v) is 5.39. The lowest BCUT2D eigenvalue weighted by molar-refractivity contribution is 0.477. The topological polar surface area (TPSA) is 106 Å². The molecule has 1 aliphatic heterocycles. The van der Waals surface area contributed by atoms with Gasteiger partial charge in [0.2, 0.25) is 10.0 Å². The Balaban J connectivity index is 2.96. The summed E-state index contributed by atoms with van der Waals surface area (Å²) < 4.78 is 94.5. The molecule has 6 nitrogen and oxygen atoms in total. The number of hydrogen-bond acceptors (Lipinski definition) is 6. The van der Waals surface area contributed by atoms with Crippen molar-refractivity contribution in [2.45, 2.75) is 39.8 Å². The summed E-state index contributed by atoms with van der Waals surface area (Å²) in [5.41, 5.74) is -0.243. The number of fused-ring (bicyclic) bond motifs is 1. The zero-order chi connectivity index (χ0) is 19.6. The highest BCUT2D eigenvalue weighted by Crippen LogP contribution is 2.42. The van der Waals surface area contributed by atoms with Gasteiger partial charge < -0.3 is 5.32 Å². The van der Waals surface area contributed by atoms with Crippen molar-refractivity contribution >= 4 is 31.2 Å². The molecular formula is C10H16N2O4S3. The van der Waals surface area contributed by atoms with Gasteiger partial charge in [0.15, 0.2) is 9.84 Å². The molecule has 0 fully saturated rings. The summed E-state index contributed by atoms with van der Waals surface area (Å²) in [4.78, 5) is 0. The highest BCUT2D eigenvalue weighted by molar-refractivity contribution is 7.95. The lowest BCUT2D eigenvalue weighted by atomic mass is 10.1. The fraction of sp³-hybridized carbons (Fsp3) is 0.600. The van der Waals surface area contributed by atoms with Gasteiger partial charge in [-0.3, -0.25) is 0 Å². The molecule has 108 valence electrons. The van der Waals surface area contributed by atoms with Gasteiger partial charge in [-0.2, -0.15) is 0 Å². The second-order valence-electron chi connectivity index (χ2n) is 3.82. The first kappa shape index (κ1) is 8.73. The van der Waals surface area contributed by atoms with E-state index in [2.05, 4.69) is 5.32 Å². The summed E-state index contributed by atoms with van der Waals surface area (Å²) in [6, 6.07) is -0.599. The molecule has 2 heterocycles. The normalized spacial score (nSPS) is 37.9. The van der Waals surface area contributed by atoms with Crippen LogP contribution in [0.25, 0.3) is 0 Å². The van der Waals surface area contributed by atoms with Gasteiger partial charge in [0.25, 0.3) is 0 Å². The number of sulfone groups is 1. The lowest BCUT2D eigenvalue weighted by Gasteiger charge is -2.27. The molecule has 9 heteroatoms. The first-order chi connectivity index (χ1) is 11.0. The maximum absolute atomic E-state index is 12.8. The second-order valence-corrected chi connectivity index (χ2v) is 8.74. The molecule has 2 rings (SSSR count). The number of primary sulfonamides is 1. The van der Waals surface area contributed by atoms with E-state index < -0.39 is 52.8 Å². The van der Waals surface area contributed by atoms with Crippen molar-refractivity contribution in [3.8, 4) is 0 Å². The molecule has 0 aliphatic carbocycles. The number of nitrogens with two attached hydrogens (primary N) is 1. The molecule has 0 bridgehead atoms. The zero-order valence-electron chi connectivity index (χ0n) is 15.8. The molecule has 0 spiro atoms. The molecule has 0 saturated heterocycles. The predicted molar refractivity (Wildman–Crippen MR) is 73.4 cm³/mol. The molecule has 0 unspecified atom stereocenters. The molecule has 0 saturated carbocycles. The third-order valence-electron chi connectivity index (χ3n) is 2.49. The number of sulfonamides is 1. The quantitative estimate of drug-likeness (QED) is 0.844. The van der Waals surface area contributed by atoms with Gasteiger partial charge in [0, 0.05) is 19.8 Å². The first-order valence-corrected chi connectivity index (χ1v) is 9.02. The minimum atomic E-state index is -5.05. The molecule has 1 aromatic heterocycles. The van der Waals surface area contributed by atoms with Crippen molar-refractivity contribution in [1.82, 2.24) is 5.32 Å². The van der Waals surface area contributed by atoms with E-state index in [1.807, 2.05) is 0 Å². The van der Waals surface area contributed by atoms with E-state index in [0.29, 0.717) is 0 Å². The van der Waals surface area contributed by atoms with Gasteiger partial charge in [-0.25, -0.2) is 22.0 Å². The van der Waals surface area contributed by atoms with E-state index in [1.165, 1.54) is 0 Å². The van der Waals surface area contributed by atoms with E-state index in [0.717, 1.165) is 6.07 Å². The molecule has 0 aromatic carbocycles. The van der Waals surface area contributed by atoms with Crippen LogP contribution in [0, 0.1) is 0 Å². The molecular weight excluding hydrogens is 308 g/mol. The summed E-state index contributed by atoms with van der Waals surface area (Å²) in [5, 5.41) is 4.12. The van der Waals surface area contributed by atoms with Crippen LogP contribution in [0.4, 0.5) is 0 Å². The third-order valence-corrected chi connectivity index (χ3v) is 7.14. The van der Waals surface area contributed by atoms with E-state index in [-0.39, 0.29) is 23.4 Å². The zero-order valence-corrected chi connectivity index (χ0v) is 12.2. The average molecular weight is 330 g/mol. The summed E-state index contributed by atoms with van der Waals surface area (Å²) in [6.07, 6.45) is -3.07. The number of rotatable bonds is 3. The third kappa shape index (κ3) is 2.57. The van der Waals surface area contributed by atoms with Crippen molar-refractivity contribution < 1.29 is 25.1 Å². The van der Waals surface area contributed by atoms with Crippen LogP contribution in [0.3, 0.4) is 0 Å². The van der Waals surface area contributed by atoms with Gasteiger partial charge >= 0.3 is 0 Å². The van der Waals surface area contributed by atoms with Crippen molar-refractivity contribution in [3.63, 3.8) is 0 Å². The van der Waals surface area contributed by atoms with Gasteiger partial charge in [-0.15, -0.1) is 11.3 Å². The van der Waals surface area contributed by atoms with Crippen LogP contribution in [0.15, 0.2) is 14.5 Å². The van der Waals surface area contributed by atoms with Crippen molar-refractivity contribution in [2.75, 3.05) is 6.54 Å². The smallest absolute Gasteiger partial charge is 0.247 e. The predicted octanol–water partition coefficient (Wildman–Crippen LogP) is 0.612. The van der Waals surface area contributed by atoms with Gasteiger partial charge in [0.1, 0.15) is 8.42 Å². The maximum atomic E-state index is 12.8. The molecule has 0 amide bonds. The van der Waals surface area contributed by atoms with Crippen LogP contribution >= 0.6 is 11.3 Å². The Labute approximate surface area is 125 Å². The van der Waals surface area contributed by atoms with Crippen LogP contribution in [0.2, 0.25) is 0 Å². The Morgan fingerprint density at radius 3 is 2.95 bits per heavy atom. The summed E-state index contributed by atoms with van der Waals surface area (Å²) in [7, 11) is -9.34. The Bertz CT molecular complexity index is 908. The van der Waals surface area contributed by atoms with Crippen molar-refractivity contribution in [1.29, 1.82) is 0 Å². The Morgan fingerprint density at radius 1 is 1.74 bits per heavy atom. The maximum Gasteiger partial charge on any atom is 0.247 e. The van der Waals surface area contributed by atoms with Crippen LogP contribution in [-0.2, 0) is 19.9 Å². The molecule has 19 heavy (non-hydrogen) atoms. The molecule has 3 N–H and O–H groups in total. The van der Waals surface area contributed by atoms with E-state index >= 15 is 0 Å². The van der Waals surface area contributed by atoms with E-state index in [1.54, 1.807) is 6.92 Å². The fourth-order valence-electron chi connectivity index (χ4n) is 1.66. The largest absolute Gasteiger partial charge is 0.310 e. The number of thiophene rings is 1. The van der Waals surface area contributed by atoms with Gasteiger partial charge in [-0.05, 0) is 25.8 Å². The SMILES string of the molecule is [2H]C([2H])([2H])[C@@]1([2H])C([2H])([2H])[C@H](NCC)c2cc(S(N)(=O)=O)sc2S1(=O)=O. The average Bonchev–Trinajstić information content (AvgIpc) is 2.86. The van der Waals surface area contributed by atoms with Crippen LogP contribution < -0.4 is 10.5 Å². The van der Waals surface area contributed by atoms with E-state index in [9.17, 15) is 16.8 Å². The molecule has 2 atom stereocenters. The van der Waals surface area contributed by atoms with Crippen LogP contribution in [0.1, 0.15) is 40.0 Å². The highest BCUT2D eigenvalue weighted by atomic mass is 32.3. The minimum Gasteiger partial charge on any atom is -0.310 e. The summed E-state index contributed by atoms with van der Waals surface area (Å²) >= 11 is 0.220. The van der Waals surface area contributed by atoms with Crippen LogP contribution in [-0.4, -0.2) is 28.6 Å². The van der Waals surface area contributed by atoms with E-state index in [4.69, 9.17) is 13.4 Å². The van der Waals surface area contributed by atoms with Crippen molar-refractivity contribution in [2.24, 2.45) is 5.14 Å². The summed E-state index contributed by atoms with van der Waals surface area (Å²) in [5.74, 6) is 0. The standard InChI is InChI=1S/C10H16N2O4S3/c1-3-12-8-4-6(2)18(13,14)10-7(8)5-9(17-10)19(11,15)16/h5-6,8,12H,3-4H2,1-2H3,(H2,11,15,16)/t6-,8-/m0/s1/i2D3,4D2,6D. The number of hydrogen-bond donors (Lipinski definition) is 2. The Hall–Kier alpha value is -0.480. The van der Waals surface area contributed by atoms with Crippen molar-refractivity contribution in [3.05, 3.63) is 11.6 Å². The molecule has 0 radical (unpaired) electrons. The minimum absolute atomic E-state index is 0.126. The molecule has 1 aromatic rings.